The number of carbonyl (C=O) groups is 1. The molecule has 1 atom stereocenters. The molecule has 1 amide bonds. The fourth-order valence-corrected chi connectivity index (χ4v) is 4.91. The van der Waals surface area contributed by atoms with Gasteiger partial charge in [0.05, 0.1) is 11.3 Å². The summed E-state index contributed by atoms with van der Waals surface area (Å²) in [6.45, 7) is 3.47. The molecule has 0 unspecified atom stereocenters. The average Bonchev–Trinajstić information content (AvgIpc) is 3.44. The molecule has 5 rings (SSSR count). The highest BCUT2D eigenvalue weighted by atomic mass is 35.5. The molecule has 0 saturated carbocycles. The second-order valence-electron chi connectivity index (χ2n) is 10.5. The average molecular weight is 613 g/mol. The van der Waals surface area contributed by atoms with Gasteiger partial charge in [0.25, 0.3) is 5.91 Å². The number of aryl methyl sites for hydroxylation is 1. The number of nitrogens with zero attached hydrogens (tertiary/aromatic N) is 6. The molecule has 43 heavy (non-hydrogen) atoms. The smallest absolute Gasteiger partial charge is 0.324 e. The van der Waals surface area contributed by atoms with Crippen molar-refractivity contribution in [1.29, 1.82) is 0 Å². The summed E-state index contributed by atoms with van der Waals surface area (Å²) in [5, 5.41) is 5.86. The van der Waals surface area contributed by atoms with Crippen molar-refractivity contribution in [2.24, 2.45) is 0 Å². The molecule has 13 heteroatoms. The summed E-state index contributed by atoms with van der Waals surface area (Å²) in [4.78, 5) is 34.0. The SMILES string of the molecule is Cc1ccc(NC(=O)c2ccc(CN3CC[C@H](N(C)C)C3)c(C(F)(F)F)c2)cc1Nc1nccc(-c2cncnc2)n1.Cl. The van der Waals surface area contributed by atoms with Crippen LogP contribution in [0.3, 0.4) is 0 Å². The lowest BCUT2D eigenvalue weighted by atomic mass is 10.0. The number of likely N-dealkylation sites (N-methyl/N-ethyl adjacent to an activating group) is 1. The molecule has 3 heterocycles. The van der Waals surface area contributed by atoms with Crippen molar-refractivity contribution < 1.29 is 18.0 Å². The van der Waals surface area contributed by atoms with Crippen molar-refractivity contribution in [3.63, 3.8) is 0 Å². The number of hydrogen-bond donors (Lipinski definition) is 2. The molecular weight excluding hydrogens is 581 g/mol. The minimum Gasteiger partial charge on any atom is -0.324 e. The van der Waals surface area contributed by atoms with Gasteiger partial charge in [-0.2, -0.15) is 13.2 Å². The summed E-state index contributed by atoms with van der Waals surface area (Å²) < 4.78 is 42.2. The van der Waals surface area contributed by atoms with E-state index in [9.17, 15) is 18.0 Å². The molecular formula is C30H32ClF3N8O. The molecule has 9 nitrogen and oxygen atoms in total. The lowest BCUT2D eigenvalue weighted by Crippen LogP contribution is -2.31. The fraction of sp³-hybridized carbons (Fsp3) is 0.300. The van der Waals surface area contributed by atoms with Crippen LogP contribution in [0.2, 0.25) is 0 Å². The highest BCUT2D eigenvalue weighted by Crippen LogP contribution is 2.34. The topological polar surface area (TPSA) is 99.2 Å². The maximum atomic E-state index is 14.1. The standard InChI is InChI=1S/C30H31F3N8O.ClH/c1-19-4-7-23(13-27(19)39-29-36-10-8-26(38-29)22-14-34-18-35-15-22)37-28(42)20-5-6-21(25(12-20)30(31,32)33)16-41-11-9-24(17-41)40(2)3;/h4-8,10,12-15,18,24H,9,11,16-17H2,1-3H3,(H,37,42)(H,36,38,39);1H/t24-;/m0./s1. The highest BCUT2D eigenvalue weighted by molar-refractivity contribution is 6.04. The molecule has 1 saturated heterocycles. The van der Waals surface area contributed by atoms with Gasteiger partial charge in [0, 0.05) is 66.8 Å². The van der Waals surface area contributed by atoms with Gasteiger partial charge in [0.1, 0.15) is 6.33 Å². The Bertz CT molecular complexity index is 1570. The third-order valence-electron chi connectivity index (χ3n) is 7.30. The number of hydrogen-bond acceptors (Lipinski definition) is 8. The van der Waals surface area contributed by atoms with Crippen molar-refractivity contribution in [3.8, 4) is 11.3 Å². The van der Waals surface area contributed by atoms with E-state index in [4.69, 9.17) is 0 Å². The summed E-state index contributed by atoms with van der Waals surface area (Å²) in [6, 6.07) is 11.0. The first kappa shape index (κ1) is 31.8. The number of alkyl halides is 3. The Morgan fingerprint density at radius 3 is 2.56 bits per heavy atom. The molecule has 0 aliphatic carbocycles. The molecule has 0 bridgehead atoms. The summed E-state index contributed by atoms with van der Waals surface area (Å²) in [5.41, 5.74) is 2.53. The predicted octanol–water partition coefficient (Wildman–Crippen LogP) is 5.81. The highest BCUT2D eigenvalue weighted by Gasteiger charge is 2.35. The van der Waals surface area contributed by atoms with E-state index in [0.717, 1.165) is 30.2 Å². The Hall–Kier alpha value is -4.13. The van der Waals surface area contributed by atoms with Crippen molar-refractivity contribution in [3.05, 3.63) is 89.6 Å². The van der Waals surface area contributed by atoms with Gasteiger partial charge in [-0.1, -0.05) is 12.1 Å². The number of halogens is 4. The van der Waals surface area contributed by atoms with Crippen LogP contribution in [0.15, 0.2) is 67.4 Å². The Kier molecular flexibility index (Phi) is 9.95. The number of nitrogens with one attached hydrogen (secondary N) is 2. The summed E-state index contributed by atoms with van der Waals surface area (Å²) in [7, 11) is 3.95. The Balaban J connectivity index is 0.00000423. The molecule has 1 aliphatic heterocycles. The van der Waals surface area contributed by atoms with Crippen LogP contribution >= 0.6 is 12.4 Å². The van der Waals surface area contributed by atoms with Gasteiger partial charge >= 0.3 is 6.18 Å². The van der Waals surface area contributed by atoms with Crippen molar-refractivity contribution in [2.45, 2.75) is 32.1 Å². The van der Waals surface area contributed by atoms with Crippen LogP contribution in [0, 0.1) is 6.92 Å². The summed E-state index contributed by atoms with van der Waals surface area (Å²) >= 11 is 0. The number of amides is 1. The zero-order valence-electron chi connectivity index (χ0n) is 23.9. The minimum absolute atomic E-state index is 0. The molecule has 0 spiro atoms. The van der Waals surface area contributed by atoms with Crippen LogP contribution < -0.4 is 10.6 Å². The van der Waals surface area contributed by atoms with Crippen molar-refractivity contribution in [1.82, 2.24) is 29.7 Å². The number of anilines is 3. The number of aromatic nitrogens is 4. The van der Waals surface area contributed by atoms with Crippen LogP contribution in [0.25, 0.3) is 11.3 Å². The molecule has 2 aromatic carbocycles. The van der Waals surface area contributed by atoms with E-state index in [1.807, 2.05) is 25.9 Å². The predicted molar refractivity (Wildman–Crippen MR) is 162 cm³/mol. The van der Waals surface area contributed by atoms with E-state index < -0.39 is 17.6 Å². The molecule has 2 N–H and O–H groups in total. The van der Waals surface area contributed by atoms with E-state index in [1.54, 1.807) is 42.9 Å². The lowest BCUT2D eigenvalue weighted by molar-refractivity contribution is -0.138. The number of benzene rings is 2. The van der Waals surface area contributed by atoms with Gasteiger partial charge in [0.15, 0.2) is 0 Å². The van der Waals surface area contributed by atoms with Gasteiger partial charge < -0.3 is 15.5 Å². The molecule has 1 fully saturated rings. The number of likely N-dealkylation sites (tertiary alicyclic amines) is 1. The molecule has 2 aromatic heterocycles. The normalized spacial score (nSPS) is 15.3. The zero-order valence-corrected chi connectivity index (χ0v) is 24.7. The van der Waals surface area contributed by atoms with E-state index in [2.05, 4.69) is 35.5 Å². The minimum atomic E-state index is -4.59. The van der Waals surface area contributed by atoms with Crippen LogP contribution in [0.1, 0.15) is 33.5 Å². The molecule has 226 valence electrons. The quantitative estimate of drug-likeness (QED) is 0.257. The number of rotatable bonds is 8. The first-order valence-electron chi connectivity index (χ1n) is 13.4. The van der Waals surface area contributed by atoms with Gasteiger partial charge in [-0.25, -0.2) is 19.9 Å². The maximum absolute atomic E-state index is 14.1. The maximum Gasteiger partial charge on any atom is 0.416 e. The summed E-state index contributed by atoms with van der Waals surface area (Å²) in [6.07, 6.45) is 2.63. The first-order valence-corrected chi connectivity index (χ1v) is 13.4. The van der Waals surface area contributed by atoms with E-state index in [1.165, 1.54) is 18.5 Å². The number of carbonyl (C=O) groups excluding carboxylic acids is 1. The Labute approximate surface area is 254 Å². The van der Waals surface area contributed by atoms with Gasteiger partial charge in [0.2, 0.25) is 5.95 Å². The van der Waals surface area contributed by atoms with E-state index in [0.29, 0.717) is 35.6 Å². The van der Waals surface area contributed by atoms with Crippen molar-refractivity contribution >= 4 is 35.6 Å². The third-order valence-corrected chi connectivity index (χ3v) is 7.30. The molecule has 0 radical (unpaired) electrons. The van der Waals surface area contributed by atoms with Crippen molar-refractivity contribution in [2.75, 3.05) is 37.8 Å². The Morgan fingerprint density at radius 1 is 1.09 bits per heavy atom. The van der Waals surface area contributed by atoms with Crippen LogP contribution in [-0.2, 0) is 12.7 Å². The van der Waals surface area contributed by atoms with E-state index in [-0.39, 0.29) is 30.1 Å². The second-order valence-corrected chi connectivity index (χ2v) is 10.5. The zero-order chi connectivity index (χ0) is 29.9. The van der Waals surface area contributed by atoms with Crippen LogP contribution in [0.5, 0.6) is 0 Å². The van der Waals surface area contributed by atoms with Gasteiger partial charge in [-0.3, -0.25) is 9.69 Å². The molecule has 1 aliphatic rings. The largest absolute Gasteiger partial charge is 0.416 e. The van der Waals surface area contributed by atoms with Gasteiger partial charge in [-0.15, -0.1) is 12.4 Å². The first-order chi connectivity index (χ1) is 20.1. The fourth-order valence-electron chi connectivity index (χ4n) is 4.91. The molecule has 4 aromatic rings. The lowest BCUT2D eigenvalue weighted by Gasteiger charge is -2.22. The van der Waals surface area contributed by atoms with Crippen LogP contribution in [-0.4, -0.2) is 68.9 Å². The van der Waals surface area contributed by atoms with Crippen LogP contribution in [0.4, 0.5) is 30.5 Å². The monoisotopic (exact) mass is 612 g/mol. The summed E-state index contributed by atoms with van der Waals surface area (Å²) in [5.74, 6) is -0.318. The van der Waals surface area contributed by atoms with E-state index >= 15 is 0 Å². The Morgan fingerprint density at radius 2 is 1.86 bits per heavy atom. The second kappa shape index (κ2) is 13.4. The third kappa shape index (κ3) is 7.83. The van der Waals surface area contributed by atoms with Gasteiger partial charge in [-0.05, 0) is 68.9 Å².